The minimum atomic E-state index is -3.33. The summed E-state index contributed by atoms with van der Waals surface area (Å²) in [6.45, 7) is 1.34. The number of hydrogen-bond donors (Lipinski definition) is 0. The molecule has 0 N–H and O–H groups in total. The van der Waals surface area contributed by atoms with Crippen LogP contribution in [-0.4, -0.2) is 28.0 Å². The van der Waals surface area contributed by atoms with Crippen LogP contribution in [0.4, 0.5) is 0 Å². The first-order valence-electron chi connectivity index (χ1n) is 11.2. The van der Waals surface area contributed by atoms with Crippen molar-refractivity contribution in [2.75, 3.05) is 6.54 Å². The molecule has 1 atom stereocenters. The van der Waals surface area contributed by atoms with Crippen LogP contribution in [0.3, 0.4) is 0 Å². The second-order valence-corrected chi connectivity index (χ2v) is 17.2. The fourth-order valence-corrected chi connectivity index (χ4v) is 13.9. The maximum atomic E-state index is 14.2. The van der Waals surface area contributed by atoms with E-state index in [-0.39, 0.29) is 11.6 Å². The third kappa shape index (κ3) is 3.53. The summed E-state index contributed by atoms with van der Waals surface area (Å²) in [5.74, 6) is 0.206. The van der Waals surface area contributed by atoms with Crippen molar-refractivity contribution in [3.05, 3.63) is 121 Å². The molecule has 0 bridgehead atoms. The van der Waals surface area contributed by atoms with E-state index in [4.69, 9.17) is 0 Å². The number of carbonyl (C=O) groups is 1. The Morgan fingerprint density at radius 1 is 0.758 bits per heavy atom. The summed E-state index contributed by atoms with van der Waals surface area (Å²) in [7, 11) is 0. The van der Waals surface area contributed by atoms with E-state index in [1.807, 2.05) is 35.2 Å². The molecule has 0 spiro atoms. The van der Waals surface area contributed by atoms with Crippen molar-refractivity contribution in [1.29, 1.82) is 0 Å². The van der Waals surface area contributed by atoms with Gasteiger partial charge < -0.3 is 0 Å². The molecule has 1 aliphatic rings. The molecule has 1 aromatic heterocycles. The molecular formula is C28H26BrN2OP. The monoisotopic (exact) mass is 516 g/mol. The molecule has 3 aromatic carbocycles. The average molecular weight is 517 g/mol. The average Bonchev–Trinajstić information content (AvgIpc) is 3.26. The zero-order chi connectivity index (χ0) is 22.8. The van der Waals surface area contributed by atoms with Gasteiger partial charge in [0.2, 0.25) is 0 Å². The summed E-state index contributed by atoms with van der Waals surface area (Å²) in [5, 5.41) is 0.227. The number of hydrogen-bond acceptors (Lipinski definition) is 2. The number of benzene rings is 3. The zero-order valence-corrected chi connectivity index (χ0v) is 20.8. The van der Waals surface area contributed by atoms with E-state index in [9.17, 15) is 4.79 Å². The van der Waals surface area contributed by atoms with Crippen LogP contribution in [0.1, 0.15) is 12.0 Å². The summed E-state index contributed by atoms with van der Waals surface area (Å²) in [5.41, 5.74) is 0.915. The van der Waals surface area contributed by atoms with Gasteiger partial charge >= 0.3 is 204 Å². The molecule has 1 amide bonds. The molecule has 1 unspecified atom stereocenters. The summed E-state index contributed by atoms with van der Waals surface area (Å²) >= 11 is 4.47. The van der Waals surface area contributed by atoms with Crippen molar-refractivity contribution in [2.24, 2.45) is 0 Å². The van der Waals surface area contributed by atoms with Crippen LogP contribution < -0.4 is 15.9 Å². The van der Waals surface area contributed by atoms with Crippen molar-refractivity contribution in [3.63, 3.8) is 0 Å². The fraction of sp³-hybridized carbons (Fsp3) is 0.143. The first-order valence-corrected chi connectivity index (χ1v) is 15.5. The number of carbonyl (C=O) groups excluding carboxylic acids is 1. The Labute approximate surface area is 203 Å². The van der Waals surface area contributed by atoms with Crippen molar-refractivity contribution >= 4 is 42.6 Å². The molecule has 3 nitrogen and oxygen atoms in total. The molecule has 4 aromatic rings. The van der Waals surface area contributed by atoms with E-state index in [1.165, 1.54) is 15.9 Å². The maximum absolute atomic E-state index is 14.2. The Morgan fingerprint density at radius 3 is 1.67 bits per heavy atom. The molecule has 1 fully saturated rings. The number of amides is 1. The molecule has 0 saturated carbocycles. The van der Waals surface area contributed by atoms with Crippen LogP contribution in [0.25, 0.3) is 0 Å². The Bertz CT molecular complexity index is 1140. The summed E-state index contributed by atoms with van der Waals surface area (Å²) < 4.78 is 0. The Kier molecular flexibility index (Phi) is 5.90. The summed E-state index contributed by atoms with van der Waals surface area (Å²) in [6.07, 6.45) is 4.37. The van der Waals surface area contributed by atoms with E-state index in [0.717, 1.165) is 18.5 Å². The predicted molar refractivity (Wildman–Crippen MR) is 142 cm³/mol. The number of pyridine rings is 1. The van der Waals surface area contributed by atoms with Crippen molar-refractivity contribution in [2.45, 2.75) is 18.6 Å². The van der Waals surface area contributed by atoms with Crippen LogP contribution in [-0.2, 0) is 11.3 Å². The van der Waals surface area contributed by atoms with Gasteiger partial charge in [-0.05, 0) is 0 Å². The molecule has 1 aliphatic heterocycles. The third-order valence-electron chi connectivity index (χ3n) is 6.76. The molecule has 166 valence electrons. The molecule has 2 heterocycles. The van der Waals surface area contributed by atoms with Crippen molar-refractivity contribution in [1.82, 2.24) is 9.88 Å². The number of aromatic nitrogens is 1. The quantitative estimate of drug-likeness (QED) is 0.337. The molecule has 0 aliphatic carbocycles. The minimum absolute atomic E-state index is 0.190. The van der Waals surface area contributed by atoms with Gasteiger partial charge in [-0.2, -0.15) is 0 Å². The van der Waals surface area contributed by atoms with E-state index in [2.05, 4.69) is 93.3 Å². The second-order valence-electron chi connectivity index (χ2n) is 8.50. The van der Waals surface area contributed by atoms with Crippen LogP contribution in [0, 0.1) is 0 Å². The Morgan fingerprint density at radius 2 is 1.21 bits per heavy atom. The van der Waals surface area contributed by atoms with E-state index >= 15 is 0 Å². The molecule has 5 heteroatoms. The zero-order valence-electron chi connectivity index (χ0n) is 18.3. The third-order valence-corrected chi connectivity index (χ3v) is 17.5. The standard InChI is InChI=1S/C28H26BrN2OP/c29-33(24-10-4-1-5-11-24,25-12-6-2-7-13-25,26-14-8-3-9-15-26)27-18-21-31(28(27)32)22-23-16-19-30-20-17-23/h1-17,19-20,27H,18,21-22H2. The number of rotatable bonds is 6. The van der Waals surface area contributed by atoms with Gasteiger partial charge in [0.05, 0.1) is 0 Å². The van der Waals surface area contributed by atoms with Gasteiger partial charge in [0.1, 0.15) is 0 Å². The number of likely N-dealkylation sites (tertiary alicyclic amines) is 1. The van der Waals surface area contributed by atoms with Gasteiger partial charge in [-0.3, -0.25) is 0 Å². The fourth-order valence-electron chi connectivity index (χ4n) is 5.18. The van der Waals surface area contributed by atoms with Gasteiger partial charge in [-0.1, -0.05) is 0 Å². The first kappa shape index (κ1) is 22.0. The van der Waals surface area contributed by atoms with Crippen molar-refractivity contribution < 1.29 is 4.79 Å². The number of nitrogens with zero attached hydrogens (tertiary/aromatic N) is 2. The normalized spacial score (nSPS) is 17.5. The van der Waals surface area contributed by atoms with Gasteiger partial charge in [0.25, 0.3) is 0 Å². The molecular weight excluding hydrogens is 491 g/mol. The summed E-state index contributed by atoms with van der Waals surface area (Å²) in [6, 6.07) is 35.7. The van der Waals surface area contributed by atoms with Crippen LogP contribution >= 0.6 is 20.8 Å². The van der Waals surface area contributed by atoms with E-state index < -0.39 is 5.31 Å². The van der Waals surface area contributed by atoms with Crippen LogP contribution in [0.2, 0.25) is 0 Å². The van der Waals surface area contributed by atoms with Crippen LogP contribution in [0.5, 0.6) is 0 Å². The van der Waals surface area contributed by atoms with Gasteiger partial charge in [0.15, 0.2) is 0 Å². The Hall–Kier alpha value is -2.81. The molecule has 33 heavy (non-hydrogen) atoms. The van der Waals surface area contributed by atoms with Crippen LogP contribution in [0.15, 0.2) is 116 Å². The van der Waals surface area contributed by atoms with E-state index in [1.54, 1.807) is 12.4 Å². The number of halogens is 1. The molecule has 0 radical (unpaired) electrons. The van der Waals surface area contributed by atoms with Crippen molar-refractivity contribution in [3.8, 4) is 0 Å². The topological polar surface area (TPSA) is 33.2 Å². The molecule has 1 saturated heterocycles. The predicted octanol–water partition coefficient (Wildman–Crippen LogP) is 5.02. The van der Waals surface area contributed by atoms with Gasteiger partial charge in [0, 0.05) is 0 Å². The summed E-state index contributed by atoms with van der Waals surface area (Å²) in [4.78, 5) is 20.3. The SMILES string of the molecule is O=C1C(P(Br)(c2ccccc2)(c2ccccc2)c2ccccc2)CCN1Cc1ccncc1. The van der Waals surface area contributed by atoms with E-state index in [0.29, 0.717) is 6.54 Å². The Balaban J connectivity index is 1.72. The second kappa shape index (κ2) is 8.85. The van der Waals surface area contributed by atoms with Gasteiger partial charge in [-0.15, -0.1) is 0 Å². The molecule has 5 rings (SSSR count). The van der Waals surface area contributed by atoms with Gasteiger partial charge in [-0.25, -0.2) is 0 Å². The first-order chi connectivity index (χ1) is 16.1.